The van der Waals surface area contributed by atoms with Gasteiger partial charge in [-0.15, -0.1) is 0 Å². The molecule has 0 fully saturated rings. The minimum absolute atomic E-state index is 0.341. The lowest BCUT2D eigenvalue weighted by atomic mass is 10.1. The van der Waals surface area contributed by atoms with Crippen molar-refractivity contribution >= 4 is 7.82 Å². The molecule has 0 saturated heterocycles. The molecular weight excluding hydrogens is 391 g/mol. The average molecular weight is 414 g/mol. The van der Waals surface area contributed by atoms with E-state index in [1.165, 1.54) is 0 Å². The zero-order valence-electron chi connectivity index (χ0n) is 16.7. The zero-order valence-corrected chi connectivity index (χ0v) is 17.6. The second-order valence-corrected chi connectivity index (χ2v) is 8.05. The maximum atomic E-state index is 13.2. The molecule has 0 bridgehead atoms. The van der Waals surface area contributed by atoms with Crippen molar-refractivity contribution in [3.63, 3.8) is 0 Å². The average Bonchev–Trinajstić information content (AvgIpc) is 2.71. The first-order valence-corrected chi connectivity index (χ1v) is 10.5. The van der Waals surface area contributed by atoms with E-state index in [4.69, 9.17) is 23.6 Å². The van der Waals surface area contributed by atoms with Gasteiger partial charge in [0.2, 0.25) is 0 Å². The molecule has 0 heterocycles. The lowest BCUT2D eigenvalue weighted by Gasteiger charge is -2.18. The van der Waals surface area contributed by atoms with Crippen molar-refractivity contribution in [3.8, 4) is 17.2 Å². The van der Waals surface area contributed by atoms with E-state index >= 15 is 0 Å². The van der Waals surface area contributed by atoms with Crippen molar-refractivity contribution in [1.29, 1.82) is 0 Å². The minimum atomic E-state index is -4.29. The smallest absolute Gasteiger partial charge is 0.400 e. The van der Waals surface area contributed by atoms with Crippen LogP contribution in [0.1, 0.15) is 22.3 Å². The summed E-state index contributed by atoms with van der Waals surface area (Å²) in [5.41, 5.74) is 3.86. The number of phosphoric acid groups is 1. The molecule has 0 amide bonds. The third-order valence-corrected chi connectivity index (χ3v) is 5.19. The monoisotopic (exact) mass is 414 g/mol. The summed E-state index contributed by atoms with van der Waals surface area (Å²) in [6.45, 7) is 7.65. The molecule has 0 aliphatic rings. The molecule has 3 aromatic carbocycles. The van der Waals surface area contributed by atoms with Gasteiger partial charge in [-0.2, -0.15) is 0 Å². The molecule has 0 aromatic heterocycles. The van der Waals surface area contributed by atoms with Crippen LogP contribution in [0.3, 0.4) is 0 Å². The van der Waals surface area contributed by atoms with Gasteiger partial charge in [0.25, 0.3) is 0 Å². The van der Waals surface area contributed by atoms with Gasteiger partial charge in [0.1, 0.15) is 5.75 Å². The first-order valence-electron chi connectivity index (χ1n) is 9.06. The van der Waals surface area contributed by atoms with Crippen molar-refractivity contribution in [2.75, 3.05) is 0 Å². The number of hydrogen-bond acceptors (Lipinski definition) is 6. The van der Waals surface area contributed by atoms with Crippen molar-refractivity contribution in [1.82, 2.24) is 0 Å². The van der Waals surface area contributed by atoms with E-state index in [9.17, 15) is 4.57 Å². The fourth-order valence-corrected chi connectivity index (χ4v) is 3.23. The van der Waals surface area contributed by atoms with E-state index in [1.807, 2.05) is 58.0 Å². The van der Waals surface area contributed by atoms with E-state index in [0.717, 1.165) is 22.3 Å². The highest BCUT2D eigenvalue weighted by Crippen LogP contribution is 2.51. The molecule has 152 valence electrons. The highest BCUT2D eigenvalue weighted by molar-refractivity contribution is 7.48. The molecule has 3 rings (SSSR count). The molecule has 0 aliphatic carbocycles. The number of benzene rings is 3. The Hall–Kier alpha value is -2.79. The van der Waals surface area contributed by atoms with Crippen LogP contribution >= 0.6 is 7.82 Å². The molecule has 0 saturated carbocycles. The van der Waals surface area contributed by atoms with Crippen LogP contribution in [-0.4, -0.2) is 0 Å². The second-order valence-electron chi connectivity index (χ2n) is 6.68. The van der Waals surface area contributed by atoms with E-state index in [1.54, 1.807) is 36.4 Å². The van der Waals surface area contributed by atoms with E-state index < -0.39 is 7.82 Å². The van der Waals surface area contributed by atoms with Gasteiger partial charge in [-0.25, -0.2) is 4.57 Å². The largest absolute Gasteiger partial charge is 0.604 e. The van der Waals surface area contributed by atoms with Gasteiger partial charge in [-0.3, -0.25) is 0 Å². The van der Waals surface area contributed by atoms with E-state index in [0.29, 0.717) is 17.2 Å². The van der Waals surface area contributed by atoms with Crippen LogP contribution in [0.4, 0.5) is 0 Å². The standard InChI is InChI=1S/C22H23O6P/c1-16-8-12-20(13-9-16)24-27-29(23,26-22-7-5-6-18(3)19(22)4)28-25-21-14-10-17(2)11-15-21/h5-15H,1-4H3. The molecule has 0 unspecified atom stereocenters. The van der Waals surface area contributed by atoms with E-state index in [-0.39, 0.29) is 0 Å². The Bertz CT molecular complexity index is 945. The van der Waals surface area contributed by atoms with Gasteiger partial charge in [-0.1, -0.05) is 56.9 Å². The molecule has 6 nitrogen and oxygen atoms in total. The highest BCUT2D eigenvalue weighted by Gasteiger charge is 2.35. The lowest BCUT2D eigenvalue weighted by molar-refractivity contribution is -0.185. The molecule has 3 aromatic rings. The van der Waals surface area contributed by atoms with Crippen LogP contribution in [0, 0.1) is 27.7 Å². The van der Waals surface area contributed by atoms with Crippen LogP contribution in [0.2, 0.25) is 0 Å². The fraction of sp³-hybridized carbons (Fsp3) is 0.182. The molecular formula is C22H23O6P. The molecule has 0 aliphatic heterocycles. The van der Waals surface area contributed by atoms with Crippen LogP contribution < -0.4 is 14.3 Å². The number of hydrogen-bond donors (Lipinski definition) is 0. The van der Waals surface area contributed by atoms with Crippen LogP contribution in [-0.2, 0) is 13.9 Å². The Balaban J connectivity index is 1.78. The minimum Gasteiger partial charge on any atom is -0.400 e. The van der Waals surface area contributed by atoms with Crippen LogP contribution in [0.5, 0.6) is 17.2 Å². The molecule has 0 spiro atoms. The lowest BCUT2D eigenvalue weighted by Crippen LogP contribution is -2.08. The SMILES string of the molecule is Cc1ccc(OOP(=O)(OOc2ccc(C)cc2)Oc2cccc(C)c2C)cc1. The van der Waals surface area contributed by atoms with Crippen LogP contribution in [0.15, 0.2) is 66.7 Å². The molecule has 0 N–H and O–H groups in total. The highest BCUT2D eigenvalue weighted by atomic mass is 31.2. The summed E-state index contributed by atoms with van der Waals surface area (Å²) >= 11 is 0. The third-order valence-electron chi connectivity index (χ3n) is 4.26. The Morgan fingerprint density at radius 1 is 0.655 bits per heavy atom. The first kappa shape index (κ1) is 20.9. The zero-order chi connectivity index (χ0) is 20.9. The summed E-state index contributed by atoms with van der Waals surface area (Å²) < 4.78 is 28.9. The number of aryl methyl sites for hydroxylation is 3. The summed E-state index contributed by atoms with van der Waals surface area (Å²) in [5.74, 6) is 1.03. The Morgan fingerprint density at radius 3 is 1.62 bits per heavy atom. The summed E-state index contributed by atoms with van der Waals surface area (Å²) in [7, 11) is -4.29. The normalized spacial score (nSPS) is 11.2. The van der Waals surface area contributed by atoms with Crippen molar-refractivity contribution in [3.05, 3.63) is 89.0 Å². The van der Waals surface area contributed by atoms with Gasteiger partial charge < -0.3 is 14.3 Å². The van der Waals surface area contributed by atoms with Crippen LogP contribution in [0.25, 0.3) is 0 Å². The van der Waals surface area contributed by atoms with Gasteiger partial charge >= 0.3 is 7.82 Å². The van der Waals surface area contributed by atoms with Crippen molar-refractivity contribution in [2.24, 2.45) is 0 Å². The first-order chi connectivity index (χ1) is 13.8. The predicted molar refractivity (Wildman–Crippen MR) is 110 cm³/mol. The predicted octanol–water partition coefficient (Wildman–Crippen LogP) is 6.43. The maximum Gasteiger partial charge on any atom is 0.604 e. The van der Waals surface area contributed by atoms with Gasteiger partial charge in [0.05, 0.1) is 0 Å². The Labute approximate surface area is 170 Å². The second kappa shape index (κ2) is 9.14. The topological polar surface area (TPSA) is 63.2 Å². The summed E-state index contributed by atoms with van der Waals surface area (Å²) in [6.07, 6.45) is 0. The van der Waals surface area contributed by atoms with Gasteiger partial charge in [0, 0.05) is 0 Å². The van der Waals surface area contributed by atoms with Crippen molar-refractivity contribution in [2.45, 2.75) is 27.7 Å². The third kappa shape index (κ3) is 5.84. The van der Waals surface area contributed by atoms with E-state index in [2.05, 4.69) is 0 Å². The summed E-state index contributed by atoms with van der Waals surface area (Å²) in [4.78, 5) is 10.4. The van der Waals surface area contributed by atoms with Gasteiger partial charge in [-0.05, 0) is 69.2 Å². The van der Waals surface area contributed by atoms with Crippen molar-refractivity contribution < 1.29 is 28.2 Å². The maximum absolute atomic E-state index is 13.2. The van der Waals surface area contributed by atoms with Gasteiger partial charge in [0.15, 0.2) is 11.5 Å². The fourth-order valence-electron chi connectivity index (χ4n) is 2.35. The number of rotatable bonds is 8. The quantitative estimate of drug-likeness (QED) is 0.240. The summed E-state index contributed by atoms with van der Waals surface area (Å²) in [6, 6.07) is 19.4. The molecule has 0 radical (unpaired) electrons. The Kier molecular flexibility index (Phi) is 6.60. The molecule has 29 heavy (non-hydrogen) atoms. The molecule has 0 atom stereocenters. The Morgan fingerprint density at radius 2 is 1.14 bits per heavy atom. The summed E-state index contributed by atoms with van der Waals surface area (Å²) in [5, 5.41) is 0. The molecule has 7 heteroatoms.